The first-order valence-corrected chi connectivity index (χ1v) is 15.0. The molecular weight excluding hydrogens is 499 g/mol. The molecule has 3 heterocycles. The van der Waals surface area contributed by atoms with E-state index in [0.29, 0.717) is 5.92 Å². The molecule has 0 radical (unpaired) electrons. The van der Waals surface area contributed by atoms with Crippen molar-refractivity contribution in [2.24, 2.45) is 13.0 Å². The first kappa shape index (κ1) is 29.8. The van der Waals surface area contributed by atoms with Crippen LogP contribution < -0.4 is 4.90 Å². The zero-order valence-corrected chi connectivity index (χ0v) is 25.1. The summed E-state index contributed by atoms with van der Waals surface area (Å²) in [5.74, 6) is 1.11. The highest BCUT2D eigenvalue weighted by Crippen LogP contribution is 2.43. The maximum Gasteiger partial charge on any atom is 0.140 e. The lowest BCUT2D eigenvalue weighted by molar-refractivity contribution is 0.247. The van der Waals surface area contributed by atoms with E-state index in [1.807, 2.05) is 22.7 Å². The highest BCUT2D eigenvalue weighted by molar-refractivity contribution is 5.57. The van der Waals surface area contributed by atoms with Gasteiger partial charge < -0.3 is 14.4 Å². The Kier molecular flexibility index (Phi) is 10.4. The number of hydrogen-bond donors (Lipinski definition) is 0. The molecule has 6 nitrogen and oxygen atoms in total. The zero-order valence-electron chi connectivity index (χ0n) is 25.1. The zero-order chi connectivity index (χ0) is 28.6. The number of aromatic nitrogens is 3. The molecule has 2 aliphatic heterocycles. The van der Waals surface area contributed by atoms with Crippen molar-refractivity contribution in [2.45, 2.75) is 71.6 Å². The Hall–Kier alpha value is -3.19. The van der Waals surface area contributed by atoms with Gasteiger partial charge in [0.15, 0.2) is 0 Å². The second-order valence-corrected chi connectivity index (χ2v) is 11.5. The minimum Gasteiger partial charge on any atom is -0.349 e. The molecule has 0 amide bonds. The summed E-state index contributed by atoms with van der Waals surface area (Å²) in [5, 5.41) is 8.51. The molecule has 0 spiro atoms. The normalized spacial score (nSPS) is 19.8. The molecule has 1 unspecified atom stereocenters. The summed E-state index contributed by atoms with van der Waals surface area (Å²) in [4.78, 5) is 6.64. The number of hydrogen-bond acceptors (Lipinski definition) is 5. The van der Waals surface area contributed by atoms with Gasteiger partial charge in [0.2, 0.25) is 0 Å². The van der Waals surface area contributed by atoms with Crippen LogP contribution in [0.2, 0.25) is 0 Å². The van der Waals surface area contributed by atoms with E-state index in [0.717, 1.165) is 42.2 Å². The largest absolute Gasteiger partial charge is 0.349 e. The lowest BCUT2D eigenvalue weighted by Gasteiger charge is -2.34. The van der Waals surface area contributed by atoms with Gasteiger partial charge >= 0.3 is 0 Å². The van der Waals surface area contributed by atoms with Crippen LogP contribution in [0.1, 0.15) is 83.0 Å². The molecule has 216 valence electrons. The SMILES string of the molecule is C=CN(/C=C1/C(C)=CC(CN2CCCCC2)=CN1C)c1cc(F)cc(C(c2nncn2C)C2CCC2)c1.CCC. The lowest BCUT2D eigenvalue weighted by atomic mass is 9.72. The van der Waals surface area contributed by atoms with E-state index in [1.165, 1.54) is 56.3 Å². The molecule has 2 fully saturated rings. The number of allylic oxidation sites excluding steroid dienone is 1. The molecule has 3 aliphatic rings. The number of benzene rings is 1. The van der Waals surface area contributed by atoms with Gasteiger partial charge in [-0.1, -0.05) is 45.8 Å². The van der Waals surface area contributed by atoms with Gasteiger partial charge in [-0.25, -0.2) is 4.39 Å². The van der Waals surface area contributed by atoms with E-state index < -0.39 is 0 Å². The molecule has 0 N–H and O–H groups in total. The summed E-state index contributed by atoms with van der Waals surface area (Å²) < 4.78 is 17.0. The Labute approximate surface area is 240 Å². The molecule has 5 rings (SSSR count). The standard InChI is InChI=1S/C30H39FN6.C3H8/c1-5-37(20-28-22(2)14-23(18-34(28)3)19-36-12-7-6-8-13-36)27-16-25(15-26(31)17-27)29(24-10-9-11-24)30-33-32-21-35(30)4;1-3-2/h5,14-18,20-21,24,29H,1,6-13,19H2,2-4H3;3H2,1-2H3/b28-20-;. The molecule has 2 aromatic rings. The second kappa shape index (κ2) is 13.9. The van der Waals surface area contributed by atoms with Crippen LogP contribution in [0, 0.1) is 11.7 Å². The average molecular weight is 547 g/mol. The van der Waals surface area contributed by atoms with Crippen molar-refractivity contribution >= 4 is 5.69 Å². The van der Waals surface area contributed by atoms with E-state index in [4.69, 9.17) is 0 Å². The second-order valence-electron chi connectivity index (χ2n) is 11.5. The fourth-order valence-electron chi connectivity index (χ4n) is 5.91. The van der Waals surface area contributed by atoms with Crippen LogP contribution in [0.5, 0.6) is 0 Å². The van der Waals surface area contributed by atoms with E-state index in [-0.39, 0.29) is 11.7 Å². The monoisotopic (exact) mass is 546 g/mol. The van der Waals surface area contributed by atoms with Gasteiger partial charge in [0.1, 0.15) is 18.0 Å². The first-order chi connectivity index (χ1) is 19.3. The van der Waals surface area contributed by atoms with E-state index in [2.05, 4.69) is 72.7 Å². The van der Waals surface area contributed by atoms with Crippen LogP contribution in [0.3, 0.4) is 0 Å². The van der Waals surface area contributed by atoms with Crippen LogP contribution in [-0.2, 0) is 7.05 Å². The molecular formula is C33H47FN6. The van der Waals surface area contributed by atoms with Gasteiger partial charge in [0, 0.05) is 50.8 Å². The number of aryl methyl sites for hydroxylation is 1. The third kappa shape index (κ3) is 7.11. The van der Waals surface area contributed by atoms with Gasteiger partial charge in [-0.15, -0.1) is 10.2 Å². The molecule has 1 aliphatic carbocycles. The molecule has 0 bridgehead atoms. The fraction of sp³-hybridized carbons (Fsp3) is 0.515. The Morgan fingerprint density at radius 2 is 1.82 bits per heavy atom. The van der Waals surface area contributed by atoms with Crippen LogP contribution in [0.4, 0.5) is 10.1 Å². The molecule has 1 saturated heterocycles. The number of rotatable bonds is 8. The summed E-state index contributed by atoms with van der Waals surface area (Å²) in [5.41, 5.74) is 5.27. The van der Waals surface area contributed by atoms with Gasteiger partial charge in [0.05, 0.1) is 5.70 Å². The summed E-state index contributed by atoms with van der Waals surface area (Å²) in [6.45, 7) is 13.8. The fourth-order valence-corrected chi connectivity index (χ4v) is 5.91. The molecule has 1 atom stereocenters. The molecule has 7 heteroatoms. The number of piperidine rings is 1. The van der Waals surface area contributed by atoms with Gasteiger partial charge in [-0.05, 0) is 86.5 Å². The summed E-state index contributed by atoms with van der Waals surface area (Å²) in [6, 6.07) is 5.32. The molecule has 1 saturated carbocycles. The quantitative estimate of drug-likeness (QED) is 0.346. The predicted molar refractivity (Wildman–Crippen MR) is 163 cm³/mol. The third-order valence-electron chi connectivity index (χ3n) is 8.07. The summed E-state index contributed by atoms with van der Waals surface area (Å²) in [6.07, 6.45) is 18.6. The number of nitrogens with zero attached hydrogens (tertiary/aromatic N) is 6. The molecule has 1 aromatic carbocycles. The minimum absolute atomic E-state index is 0.0225. The van der Waals surface area contributed by atoms with Crippen LogP contribution in [-0.4, -0.2) is 51.2 Å². The van der Waals surface area contributed by atoms with Crippen molar-refractivity contribution in [2.75, 3.05) is 31.6 Å². The first-order valence-electron chi connectivity index (χ1n) is 15.0. The van der Waals surface area contributed by atoms with Gasteiger partial charge in [0.25, 0.3) is 0 Å². The smallest absolute Gasteiger partial charge is 0.140 e. The van der Waals surface area contributed by atoms with E-state index >= 15 is 4.39 Å². The van der Waals surface area contributed by atoms with Gasteiger partial charge in [-0.3, -0.25) is 4.90 Å². The van der Waals surface area contributed by atoms with Crippen LogP contribution in [0.25, 0.3) is 0 Å². The highest BCUT2D eigenvalue weighted by atomic mass is 19.1. The third-order valence-corrected chi connectivity index (χ3v) is 8.07. The van der Waals surface area contributed by atoms with Crippen molar-refractivity contribution in [3.8, 4) is 0 Å². The number of anilines is 1. The number of likely N-dealkylation sites (N-methyl/N-ethyl adjacent to an activating group) is 1. The number of halogens is 1. The molecule has 40 heavy (non-hydrogen) atoms. The Morgan fingerprint density at radius 3 is 2.40 bits per heavy atom. The van der Waals surface area contributed by atoms with Crippen molar-refractivity contribution in [3.63, 3.8) is 0 Å². The Morgan fingerprint density at radius 1 is 1.10 bits per heavy atom. The van der Waals surface area contributed by atoms with Crippen molar-refractivity contribution < 1.29 is 4.39 Å². The molecule has 1 aromatic heterocycles. The lowest BCUT2D eigenvalue weighted by Crippen LogP contribution is -2.32. The topological polar surface area (TPSA) is 40.4 Å². The minimum atomic E-state index is -0.253. The summed E-state index contributed by atoms with van der Waals surface area (Å²) >= 11 is 0. The Bertz CT molecular complexity index is 1230. The van der Waals surface area contributed by atoms with Crippen molar-refractivity contribution in [1.29, 1.82) is 0 Å². The maximum atomic E-state index is 15.1. The van der Waals surface area contributed by atoms with Crippen molar-refractivity contribution in [3.05, 3.63) is 89.8 Å². The Balaban J connectivity index is 0.00000118. The van der Waals surface area contributed by atoms with E-state index in [9.17, 15) is 0 Å². The number of likely N-dealkylation sites (tertiary alicyclic amines) is 1. The summed E-state index contributed by atoms with van der Waals surface area (Å²) in [7, 11) is 4.04. The van der Waals surface area contributed by atoms with Crippen LogP contribution >= 0.6 is 0 Å². The van der Waals surface area contributed by atoms with Crippen LogP contribution in [0.15, 0.2) is 72.6 Å². The maximum absolute atomic E-state index is 15.1. The average Bonchev–Trinajstić information content (AvgIpc) is 3.31. The van der Waals surface area contributed by atoms with Gasteiger partial charge in [-0.2, -0.15) is 0 Å². The van der Waals surface area contributed by atoms with Crippen molar-refractivity contribution in [1.82, 2.24) is 24.6 Å². The highest BCUT2D eigenvalue weighted by Gasteiger charge is 2.33. The van der Waals surface area contributed by atoms with E-state index in [1.54, 1.807) is 24.7 Å². The predicted octanol–water partition coefficient (Wildman–Crippen LogP) is 7.36.